The van der Waals surface area contributed by atoms with Crippen LogP contribution in [0.4, 0.5) is 4.79 Å². The third-order valence-corrected chi connectivity index (χ3v) is 5.89. The first kappa shape index (κ1) is 21.6. The SMILES string of the molecule is Cc1occc1-c1nnc(SCC(=O)NN2C(=O)N[C@@](C)(CCc3ccccc3)C2=O)o1. The normalized spacial score (nSPS) is 18.1. The number of nitrogens with one attached hydrogen (secondary N) is 2. The molecule has 0 spiro atoms. The van der Waals surface area contributed by atoms with Crippen LogP contribution in [0.2, 0.25) is 0 Å². The number of thioether (sulfide) groups is 1. The van der Waals surface area contributed by atoms with E-state index in [1.54, 1.807) is 19.9 Å². The van der Waals surface area contributed by atoms with E-state index in [0.717, 1.165) is 22.3 Å². The lowest BCUT2D eigenvalue weighted by Gasteiger charge is -2.21. The fourth-order valence-corrected chi connectivity index (χ4v) is 3.82. The number of carbonyl (C=O) groups excluding carboxylic acids is 3. The van der Waals surface area contributed by atoms with Crippen molar-refractivity contribution in [2.45, 2.75) is 37.5 Å². The first-order chi connectivity index (χ1) is 15.4. The molecule has 1 atom stereocenters. The molecule has 1 fully saturated rings. The van der Waals surface area contributed by atoms with Crippen LogP contribution in [0.5, 0.6) is 0 Å². The van der Waals surface area contributed by atoms with E-state index in [4.69, 9.17) is 8.83 Å². The zero-order valence-electron chi connectivity index (χ0n) is 17.5. The minimum absolute atomic E-state index is 0.121. The molecule has 32 heavy (non-hydrogen) atoms. The number of urea groups is 1. The maximum atomic E-state index is 12.8. The van der Waals surface area contributed by atoms with Crippen molar-refractivity contribution in [2.75, 3.05) is 5.75 Å². The summed E-state index contributed by atoms with van der Waals surface area (Å²) in [6.45, 7) is 3.42. The third kappa shape index (κ3) is 4.52. The highest BCUT2D eigenvalue weighted by atomic mass is 32.2. The summed E-state index contributed by atoms with van der Waals surface area (Å²) in [5.74, 6) is -0.263. The van der Waals surface area contributed by atoms with Gasteiger partial charge >= 0.3 is 6.03 Å². The highest BCUT2D eigenvalue weighted by molar-refractivity contribution is 7.99. The monoisotopic (exact) mass is 455 g/mol. The van der Waals surface area contributed by atoms with Gasteiger partial charge in [-0.05, 0) is 38.3 Å². The molecule has 11 heteroatoms. The molecule has 0 unspecified atom stereocenters. The summed E-state index contributed by atoms with van der Waals surface area (Å²) in [6, 6.07) is 10.7. The lowest BCUT2D eigenvalue weighted by Crippen LogP contribution is -2.49. The number of amides is 4. The van der Waals surface area contributed by atoms with Gasteiger partial charge in [0.05, 0.1) is 17.6 Å². The van der Waals surface area contributed by atoms with E-state index in [0.29, 0.717) is 24.2 Å². The van der Waals surface area contributed by atoms with Gasteiger partial charge in [0.1, 0.15) is 11.3 Å². The van der Waals surface area contributed by atoms with Gasteiger partial charge in [0.25, 0.3) is 17.0 Å². The summed E-state index contributed by atoms with van der Waals surface area (Å²) in [6.07, 6.45) is 2.53. The van der Waals surface area contributed by atoms with Crippen molar-refractivity contribution < 1.29 is 23.2 Å². The molecule has 1 aliphatic rings. The zero-order valence-corrected chi connectivity index (χ0v) is 18.3. The van der Waals surface area contributed by atoms with Crippen LogP contribution in [0.1, 0.15) is 24.7 Å². The number of furan rings is 1. The Morgan fingerprint density at radius 2 is 2.00 bits per heavy atom. The Bertz CT molecular complexity index is 1140. The van der Waals surface area contributed by atoms with E-state index in [2.05, 4.69) is 20.9 Å². The minimum Gasteiger partial charge on any atom is -0.469 e. The van der Waals surface area contributed by atoms with Crippen LogP contribution < -0.4 is 10.7 Å². The van der Waals surface area contributed by atoms with Crippen molar-refractivity contribution in [3.8, 4) is 11.5 Å². The molecule has 2 N–H and O–H groups in total. The summed E-state index contributed by atoms with van der Waals surface area (Å²) in [5, 5.41) is 11.4. The van der Waals surface area contributed by atoms with E-state index in [-0.39, 0.29) is 16.9 Å². The highest BCUT2D eigenvalue weighted by Gasteiger charge is 2.48. The molecular formula is C21H21N5O5S. The first-order valence-electron chi connectivity index (χ1n) is 9.86. The van der Waals surface area contributed by atoms with Gasteiger partial charge in [-0.15, -0.1) is 10.2 Å². The number of benzene rings is 1. The fourth-order valence-electron chi connectivity index (χ4n) is 3.26. The molecule has 4 amide bonds. The summed E-state index contributed by atoms with van der Waals surface area (Å²) < 4.78 is 10.7. The summed E-state index contributed by atoms with van der Waals surface area (Å²) in [5.41, 5.74) is 2.98. The van der Waals surface area contributed by atoms with Crippen molar-refractivity contribution in [3.05, 3.63) is 54.0 Å². The van der Waals surface area contributed by atoms with Gasteiger partial charge < -0.3 is 14.2 Å². The number of rotatable bonds is 8. The summed E-state index contributed by atoms with van der Waals surface area (Å²) in [4.78, 5) is 37.5. The maximum absolute atomic E-state index is 12.8. The van der Waals surface area contributed by atoms with Crippen LogP contribution >= 0.6 is 11.8 Å². The molecule has 2 aromatic heterocycles. The molecule has 166 valence electrons. The van der Waals surface area contributed by atoms with Crippen LogP contribution in [-0.4, -0.2) is 44.3 Å². The van der Waals surface area contributed by atoms with Crippen molar-refractivity contribution >= 4 is 29.6 Å². The predicted molar refractivity (Wildman–Crippen MR) is 114 cm³/mol. The smallest absolute Gasteiger partial charge is 0.344 e. The highest BCUT2D eigenvalue weighted by Crippen LogP contribution is 2.26. The Morgan fingerprint density at radius 3 is 2.72 bits per heavy atom. The predicted octanol–water partition coefficient (Wildman–Crippen LogP) is 2.70. The lowest BCUT2D eigenvalue weighted by atomic mass is 9.93. The molecule has 3 heterocycles. The number of hydrogen-bond donors (Lipinski definition) is 2. The Morgan fingerprint density at radius 1 is 1.22 bits per heavy atom. The van der Waals surface area contributed by atoms with Crippen LogP contribution in [0.3, 0.4) is 0 Å². The number of nitrogens with zero attached hydrogens (tertiary/aromatic N) is 3. The van der Waals surface area contributed by atoms with E-state index in [1.165, 1.54) is 6.26 Å². The van der Waals surface area contributed by atoms with Crippen LogP contribution in [0.25, 0.3) is 11.5 Å². The number of imide groups is 1. The van der Waals surface area contributed by atoms with Crippen molar-refractivity contribution in [1.82, 2.24) is 25.9 Å². The van der Waals surface area contributed by atoms with Gasteiger partial charge in [-0.2, -0.15) is 5.01 Å². The van der Waals surface area contributed by atoms with E-state index in [9.17, 15) is 14.4 Å². The number of aryl methyl sites for hydroxylation is 2. The van der Waals surface area contributed by atoms with Crippen LogP contribution in [-0.2, 0) is 16.0 Å². The Kier molecular flexibility index (Phi) is 5.99. The van der Waals surface area contributed by atoms with E-state index < -0.39 is 23.4 Å². The van der Waals surface area contributed by atoms with Crippen LogP contribution in [0.15, 0.2) is 56.7 Å². The fraction of sp³-hybridized carbons (Fsp3) is 0.286. The quantitative estimate of drug-likeness (QED) is 0.392. The molecule has 1 saturated heterocycles. The van der Waals surface area contributed by atoms with Gasteiger partial charge in [-0.3, -0.25) is 15.0 Å². The second-order valence-corrected chi connectivity index (χ2v) is 8.40. The number of hydrazine groups is 1. The molecule has 0 bridgehead atoms. The molecule has 0 saturated carbocycles. The first-order valence-corrected chi connectivity index (χ1v) is 10.9. The van der Waals surface area contributed by atoms with Crippen molar-refractivity contribution in [3.63, 3.8) is 0 Å². The number of carbonyl (C=O) groups is 3. The van der Waals surface area contributed by atoms with Gasteiger partial charge in [-0.1, -0.05) is 42.1 Å². The standard InChI is InChI=1S/C21H21N5O5S/c1-13-15(9-11-30-13)17-23-24-20(31-17)32-12-16(27)25-26-18(28)21(2,22-19(26)29)10-8-14-6-4-3-5-7-14/h3-7,9,11H,8,10,12H2,1-2H3,(H,22,29)(H,25,27)/t21-/m0/s1. The third-order valence-electron chi connectivity index (χ3n) is 5.08. The molecule has 10 nitrogen and oxygen atoms in total. The Hall–Kier alpha value is -3.60. The largest absolute Gasteiger partial charge is 0.469 e. The van der Waals surface area contributed by atoms with E-state index in [1.807, 2.05) is 30.3 Å². The molecule has 4 rings (SSSR count). The molecule has 1 aliphatic heterocycles. The summed E-state index contributed by atoms with van der Waals surface area (Å²) in [7, 11) is 0. The van der Waals surface area contributed by atoms with Gasteiger partial charge in [0.15, 0.2) is 0 Å². The summed E-state index contributed by atoms with van der Waals surface area (Å²) >= 11 is 0.993. The zero-order chi connectivity index (χ0) is 22.7. The Balaban J connectivity index is 1.31. The maximum Gasteiger partial charge on any atom is 0.344 e. The minimum atomic E-state index is -1.10. The molecule has 0 aliphatic carbocycles. The second kappa shape index (κ2) is 8.87. The molecule has 3 aromatic rings. The molecular weight excluding hydrogens is 434 g/mol. The van der Waals surface area contributed by atoms with Crippen LogP contribution in [0, 0.1) is 6.92 Å². The average Bonchev–Trinajstić information content (AvgIpc) is 3.47. The number of hydrogen-bond acceptors (Lipinski definition) is 8. The Labute approximate surface area is 187 Å². The topological polar surface area (TPSA) is 131 Å². The van der Waals surface area contributed by atoms with Crippen molar-refractivity contribution in [1.29, 1.82) is 0 Å². The van der Waals surface area contributed by atoms with Crippen molar-refractivity contribution in [2.24, 2.45) is 0 Å². The molecule has 0 radical (unpaired) electrons. The number of aromatic nitrogens is 2. The van der Waals surface area contributed by atoms with Gasteiger partial charge in [0.2, 0.25) is 5.91 Å². The second-order valence-electron chi connectivity index (χ2n) is 7.48. The molecule has 1 aromatic carbocycles. The lowest BCUT2D eigenvalue weighted by molar-refractivity contribution is -0.138. The van der Waals surface area contributed by atoms with Gasteiger partial charge in [-0.25, -0.2) is 4.79 Å². The van der Waals surface area contributed by atoms with E-state index >= 15 is 0 Å². The average molecular weight is 455 g/mol. The van der Waals surface area contributed by atoms with Gasteiger partial charge in [0, 0.05) is 0 Å².